The lowest BCUT2D eigenvalue weighted by Gasteiger charge is -2.34. The number of alkyl halides is 1. The predicted octanol–water partition coefficient (Wildman–Crippen LogP) is 3.65. The van der Waals surface area contributed by atoms with Gasteiger partial charge in [-0.15, -0.1) is 11.6 Å². The number of ether oxygens (including phenoxy) is 2. The average Bonchev–Trinajstić information content (AvgIpc) is 2.45. The zero-order valence-electron chi connectivity index (χ0n) is 13.0. The highest BCUT2D eigenvalue weighted by molar-refractivity contribution is 6.26. The smallest absolute Gasteiger partial charge is 0.414 e. The van der Waals surface area contributed by atoms with Crippen LogP contribution in [0.15, 0.2) is 24.3 Å². The van der Waals surface area contributed by atoms with Crippen molar-refractivity contribution in [2.45, 2.75) is 38.9 Å². The summed E-state index contributed by atoms with van der Waals surface area (Å²) >= 11 is 5.49. The van der Waals surface area contributed by atoms with E-state index in [9.17, 15) is 9.59 Å². The molecule has 0 bridgehead atoms. The van der Waals surface area contributed by atoms with Crippen molar-refractivity contribution >= 4 is 29.4 Å². The van der Waals surface area contributed by atoms with Crippen LogP contribution in [0.25, 0.3) is 0 Å². The van der Waals surface area contributed by atoms with E-state index >= 15 is 0 Å². The van der Waals surface area contributed by atoms with Crippen LogP contribution in [0.3, 0.4) is 0 Å². The van der Waals surface area contributed by atoms with Crippen LogP contribution in [-0.4, -0.2) is 30.1 Å². The van der Waals surface area contributed by atoms with Crippen LogP contribution in [0.5, 0.6) is 0 Å². The average molecular weight is 326 g/mol. The van der Waals surface area contributed by atoms with E-state index in [1.54, 1.807) is 4.90 Å². The highest BCUT2D eigenvalue weighted by Gasteiger charge is 2.32. The summed E-state index contributed by atoms with van der Waals surface area (Å²) in [5, 5.41) is 0. The topological polar surface area (TPSA) is 55.8 Å². The van der Waals surface area contributed by atoms with E-state index < -0.39 is 17.7 Å². The summed E-state index contributed by atoms with van der Waals surface area (Å²) in [4.78, 5) is 25.3. The first-order chi connectivity index (χ1) is 10.3. The molecule has 0 saturated carbocycles. The number of fused-ring (bicyclic) bond motifs is 1. The number of hydrogen-bond acceptors (Lipinski definition) is 4. The fourth-order valence-corrected chi connectivity index (χ4v) is 2.41. The van der Waals surface area contributed by atoms with Gasteiger partial charge in [0.05, 0.1) is 5.69 Å². The van der Waals surface area contributed by atoms with Gasteiger partial charge < -0.3 is 9.47 Å². The molecule has 22 heavy (non-hydrogen) atoms. The summed E-state index contributed by atoms with van der Waals surface area (Å²) in [6.45, 7) is 5.90. The molecule has 1 atom stereocenters. The molecule has 1 aromatic carbocycles. The number of benzene rings is 1. The molecule has 0 aliphatic carbocycles. The molecule has 6 heteroatoms. The molecule has 0 spiro atoms. The van der Waals surface area contributed by atoms with Crippen LogP contribution in [0.2, 0.25) is 0 Å². The number of hydrogen-bond donors (Lipinski definition) is 0. The van der Waals surface area contributed by atoms with Crippen molar-refractivity contribution < 1.29 is 19.1 Å². The molecule has 0 aromatic heterocycles. The first kappa shape index (κ1) is 16.6. The van der Waals surface area contributed by atoms with E-state index in [-0.39, 0.29) is 12.0 Å². The van der Waals surface area contributed by atoms with Crippen molar-refractivity contribution in [3.05, 3.63) is 29.8 Å². The third-order valence-electron chi connectivity index (χ3n) is 3.19. The number of halogens is 1. The summed E-state index contributed by atoms with van der Waals surface area (Å²) in [6, 6.07) is 7.35. The van der Waals surface area contributed by atoms with Crippen LogP contribution in [0.4, 0.5) is 10.5 Å². The fraction of sp³-hybridized carbons (Fsp3) is 0.500. The van der Waals surface area contributed by atoms with Crippen LogP contribution >= 0.6 is 11.6 Å². The maximum absolute atomic E-state index is 12.3. The molecule has 120 valence electrons. The van der Waals surface area contributed by atoms with Gasteiger partial charge >= 0.3 is 12.1 Å². The Morgan fingerprint density at radius 1 is 1.32 bits per heavy atom. The molecule has 2 rings (SSSR count). The number of para-hydroxylation sites is 1. The molecule has 1 aromatic rings. The van der Waals surface area contributed by atoms with Gasteiger partial charge in [0.2, 0.25) is 0 Å². The number of carbonyl (C=O) groups excluding carboxylic acids is 2. The highest BCUT2D eigenvalue weighted by atomic mass is 35.5. The SMILES string of the molecule is CC(C)(C)OC(=O)N1CC[C@@H](OC(=O)CCl)c2ccccc21. The van der Waals surface area contributed by atoms with Gasteiger partial charge in [-0.05, 0) is 26.8 Å². The van der Waals surface area contributed by atoms with Crippen molar-refractivity contribution in [3.63, 3.8) is 0 Å². The third-order valence-corrected chi connectivity index (χ3v) is 3.40. The zero-order valence-corrected chi connectivity index (χ0v) is 13.7. The number of anilines is 1. The molecular weight excluding hydrogens is 306 g/mol. The second kappa shape index (κ2) is 6.57. The van der Waals surface area contributed by atoms with Crippen LogP contribution in [0, 0.1) is 0 Å². The molecule has 0 fully saturated rings. The van der Waals surface area contributed by atoms with Gasteiger partial charge in [0.25, 0.3) is 0 Å². The molecule has 0 unspecified atom stereocenters. The Morgan fingerprint density at radius 3 is 2.64 bits per heavy atom. The minimum Gasteiger partial charge on any atom is -0.456 e. The Morgan fingerprint density at radius 2 is 2.00 bits per heavy atom. The summed E-state index contributed by atoms with van der Waals surface area (Å²) in [5.41, 5.74) is 0.932. The minimum absolute atomic E-state index is 0.186. The minimum atomic E-state index is -0.562. The van der Waals surface area contributed by atoms with Gasteiger partial charge in [-0.2, -0.15) is 0 Å². The van der Waals surface area contributed by atoms with Crippen LogP contribution in [0.1, 0.15) is 38.9 Å². The third kappa shape index (κ3) is 3.91. The summed E-state index contributed by atoms with van der Waals surface area (Å²) in [6.07, 6.45) is -0.276. The molecule has 1 aliphatic rings. The van der Waals surface area contributed by atoms with Gasteiger partial charge in [-0.3, -0.25) is 9.69 Å². The van der Waals surface area contributed by atoms with Crippen LogP contribution in [-0.2, 0) is 14.3 Å². The second-order valence-electron chi connectivity index (χ2n) is 6.09. The van der Waals surface area contributed by atoms with Crippen molar-refractivity contribution in [2.75, 3.05) is 17.3 Å². The summed E-state index contributed by atoms with van der Waals surface area (Å²) in [7, 11) is 0. The van der Waals surface area contributed by atoms with Gasteiger partial charge in [-0.25, -0.2) is 4.79 Å². The Labute approximate surface area is 135 Å². The number of carbonyl (C=O) groups is 2. The Bertz CT molecular complexity index is 568. The number of esters is 1. The molecule has 0 saturated heterocycles. The zero-order chi connectivity index (χ0) is 16.3. The van der Waals surface area contributed by atoms with Crippen molar-refractivity contribution in [1.82, 2.24) is 0 Å². The maximum atomic E-state index is 12.3. The summed E-state index contributed by atoms with van der Waals surface area (Å²) in [5.74, 6) is -0.652. The lowest BCUT2D eigenvalue weighted by molar-refractivity contribution is -0.146. The molecule has 1 amide bonds. The quantitative estimate of drug-likeness (QED) is 0.615. The van der Waals surface area contributed by atoms with E-state index in [1.165, 1.54) is 0 Å². The Hall–Kier alpha value is -1.75. The number of rotatable bonds is 2. The van der Waals surface area contributed by atoms with Gasteiger partial charge in [0.15, 0.2) is 0 Å². The van der Waals surface area contributed by atoms with E-state index in [4.69, 9.17) is 21.1 Å². The predicted molar refractivity (Wildman–Crippen MR) is 84.2 cm³/mol. The Kier molecular flexibility index (Phi) is 4.96. The van der Waals surface area contributed by atoms with E-state index in [0.29, 0.717) is 18.7 Å². The molecule has 5 nitrogen and oxygen atoms in total. The molecule has 1 aliphatic heterocycles. The van der Waals surface area contributed by atoms with Gasteiger partial charge in [0.1, 0.15) is 17.6 Å². The first-order valence-corrected chi connectivity index (χ1v) is 7.70. The lowest BCUT2D eigenvalue weighted by atomic mass is 9.99. The maximum Gasteiger partial charge on any atom is 0.414 e. The Balaban J connectivity index is 2.24. The standard InChI is InChI=1S/C16H20ClNO4/c1-16(2,3)22-15(20)18-9-8-13(21-14(19)10-17)11-6-4-5-7-12(11)18/h4-7,13H,8-10H2,1-3H3/t13-/m1/s1. The normalized spacial score (nSPS) is 17.6. The van der Waals surface area contributed by atoms with Crippen molar-refractivity contribution in [2.24, 2.45) is 0 Å². The highest BCUT2D eigenvalue weighted by Crippen LogP contribution is 2.36. The van der Waals surface area contributed by atoms with Crippen LogP contribution < -0.4 is 4.90 Å². The molecule has 1 heterocycles. The van der Waals surface area contributed by atoms with Gasteiger partial charge in [0, 0.05) is 18.5 Å². The number of nitrogens with zero attached hydrogens (tertiary/aromatic N) is 1. The monoisotopic (exact) mass is 325 g/mol. The van der Waals surface area contributed by atoms with E-state index in [1.807, 2.05) is 45.0 Å². The molecule has 0 N–H and O–H groups in total. The van der Waals surface area contributed by atoms with Crippen molar-refractivity contribution in [1.29, 1.82) is 0 Å². The van der Waals surface area contributed by atoms with Crippen molar-refractivity contribution in [3.8, 4) is 0 Å². The lowest BCUT2D eigenvalue weighted by Crippen LogP contribution is -2.41. The molecular formula is C16H20ClNO4. The van der Waals surface area contributed by atoms with E-state index in [2.05, 4.69) is 0 Å². The largest absolute Gasteiger partial charge is 0.456 e. The van der Waals surface area contributed by atoms with E-state index in [0.717, 1.165) is 5.56 Å². The second-order valence-corrected chi connectivity index (χ2v) is 6.36. The first-order valence-electron chi connectivity index (χ1n) is 7.16. The molecule has 0 radical (unpaired) electrons. The number of amides is 1. The fourth-order valence-electron chi connectivity index (χ4n) is 2.35. The van der Waals surface area contributed by atoms with Gasteiger partial charge in [-0.1, -0.05) is 18.2 Å². The summed E-state index contributed by atoms with van der Waals surface area (Å²) < 4.78 is 10.8.